The first-order valence-corrected chi connectivity index (χ1v) is 7.78. The lowest BCUT2D eigenvalue weighted by molar-refractivity contribution is 0.00578. The maximum absolute atomic E-state index is 14.6. The van der Waals surface area contributed by atoms with Crippen LogP contribution >= 0.6 is 0 Å². The minimum absolute atomic E-state index is 0.344. The van der Waals surface area contributed by atoms with Gasteiger partial charge in [-0.3, -0.25) is 4.98 Å². The zero-order valence-corrected chi connectivity index (χ0v) is 14.2. The fourth-order valence-electron chi connectivity index (χ4n) is 2.49. The van der Waals surface area contributed by atoms with Gasteiger partial charge in [0.2, 0.25) is 0 Å². The Balaban J connectivity index is 1.90. The van der Waals surface area contributed by atoms with Gasteiger partial charge in [0.1, 0.15) is 5.82 Å². The van der Waals surface area contributed by atoms with Crippen molar-refractivity contribution in [3.8, 4) is 11.3 Å². The van der Waals surface area contributed by atoms with Crippen molar-refractivity contribution in [2.24, 2.45) is 0 Å². The van der Waals surface area contributed by atoms with Crippen molar-refractivity contribution in [3.05, 3.63) is 47.9 Å². The fraction of sp³-hybridized carbons (Fsp3) is 0.389. The average molecular weight is 313 g/mol. The van der Waals surface area contributed by atoms with E-state index in [9.17, 15) is 4.39 Å². The number of rotatable bonds is 2. The third-order valence-corrected chi connectivity index (χ3v) is 4.71. The van der Waals surface area contributed by atoms with Crippen molar-refractivity contribution in [3.63, 3.8) is 0 Å². The van der Waals surface area contributed by atoms with Crippen molar-refractivity contribution in [2.45, 2.75) is 45.8 Å². The van der Waals surface area contributed by atoms with Gasteiger partial charge in [-0.15, -0.1) is 0 Å². The monoisotopic (exact) mass is 313 g/mol. The van der Waals surface area contributed by atoms with Gasteiger partial charge in [0.05, 0.1) is 16.9 Å². The van der Waals surface area contributed by atoms with Crippen LogP contribution in [-0.4, -0.2) is 23.3 Å². The molecule has 23 heavy (non-hydrogen) atoms. The molecule has 1 aliphatic heterocycles. The summed E-state index contributed by atoms with van der Waals surface area (Å²) in [6.45, 7) is 9.79. The van der Waals surface area contributed by atoms with Crippen LogP contribution in [0.1, 0.15) is 33.3 Å². The van der Waals surface area contributed by atoms with Gasteiger partial charge < -0.3 is 9.31 Å². The van der Waals surface area contributed by atoms with Crippen molar-refractivity contribution >= 4 is 12.6 Å². The van der Waals surface area contributed by atoms with Gasteiger partial charge in [0.25, 0.3) is 0 Å². The number of aryl methyl sites for hydroxylation is 1. The standard InChI is InChI=1S/C18H21BFNO2/c1-12-6-9-16(21-11-12)13-7-8-14(15(20)10-13)19-22-17(2,3)18(4,5)23-19/h6-11H,1-5H3. The smallest absolute Gasteiger partial charge is 0.399 e. The first-order chi connectivity index (χ1) is 10.7. The van der Waals surface area contributed by atoms with Gasteiger partial charge in [-0.2, -0.15) is 0 Å². The number of hydrogen-bond donors (Lipinski definition) is 0. The van der Waals surface area contributed by atoms with Crippen LogP contribution in [0.3, 0.4) is 0 Å². The molecule has 2 aromatic rings. The Morgan fingerprint density at radius 3 is 2.17 bits per heavy atom. The van der Waals surface area contributed by atoms with E-state index < -0.39 is 18.3 Å². The number of hydrogen-bond acceptors (Lipinski definition) is 3. The van der Waals surface area contributed by atoms with E-state index in [-0.39, 0.29) is 5.82 Å². The highest BCUT2D eigenvalue weighted by Gasteiger charge is 2.52. The predicted octanol–water partition coefficient (Wildman–Crippen LogP) is 3.50. The van der Waals surface area contributed by atoms with E-state index >= 15 is 0 Å². The van der Waals surface area contributed by atoms with Gasteiger partial charge in [-0.05, 0) is 52.3 Å². The summed E-state index contributed by atoms with van der Waals surface area (Å²) in [6.07, 6.45) is 1.77. The second-order valence-electron chi connectivity index (χ2n) is 7.05. The zero-order chi connectivity index (χ0) is 16.8. The highest BCUT2D eigenvalue weighted by Crippen LogP contribution is 2.36. The van der Waals surface area contributed by atoms with Gasteiger partial charge >= 0.3 is 7.12 Å². The lowest BCUT2D eigenvalue weighted by Crippen LogP contribution is -2.41. The molecule has 2 heterocycles. The number of nitrogens with zero attached hydrogens (tertiary/aromatic N) is 1. The van der Waals surface area contributed by atoms with Gasteiger partial charge in [0.15, 0.2) is 0 Å². The predicted molar refractivity (Wildman–Crippen MR) is 90.1 cm³/mol. The molecule has 1 fully saturated rings. The first-order valence-electron chi connectivity index (χ1n) is 7.78. The van der Waals surface area contributed by atoms with Crippen LogP contribution in [0.15, 0.2) is 36.5 Å². The van der Waals surface area contributed by atoms with Gasteiger partial charge in [-0.25, -0.2) is 4.39 Å². The van der Waals surface area contributed by atoms with Crippen molar-refractivity contribution in [1.82, 2.24) is 4.98 Å². The SMILES string of the molecule is Cc1ccc(-c2ccc(B3OC(C)(C)C(C)(C)O3)c(F)c2)nc1. The van der Waals surface area contributed by atoms with Crippen LogP contribution < -0.4 is 5.46 Å². The Kier molecular flexibility index (Phi) is 3.81. The molecule has 1 aromatic heterocycles. The molecule has 0 amide bonds. The number of aromatic nitrogens is 1. The first kappa shape index (κ1) is 16.2. The number of benzene rings is 1. The maximum Gasteiger partial charge on any atom is 0.497 e. The molecule has 1 aromatic carbocycles. The summed E-state index contributed by atoms with van der Waals surface area (Å²) < 4.78 is 26.4. The topological polar surface area (TPSA) is 31.4 Å². The second-order valence-corrected chi connectivity index (χ2v) is 7.05. The zero-order valence-electron chi connectivity index (χ0n) is 14.2. The average Bonchev–Trinajstić information content (AvgIpc) is 2.68. The lowest BCUT2D eigenvalue weighted by atomic mass is 9.78. The number of pyridine rings is 1. The molecule has 0 bridgehead atoms. The molecule has 0 saturated carbocycles. The minimum Gasteiger partial charge on any atom is -0.399 e. The quantitative estimate of drug-likeness (QED) is 0.795. The lowest BCUT2D eigenvalue weighted by Gasteiger charge is -2.32. The minimum atomic E-state index is -0.694. The summed E-state index contributed by atoms with van der Waals surface area (Å²) >= 11 is 0. The van der Waals surface area contributed by atoms with Crippen LogP contribution in [0, 0.1) is 12.7 Å². The Bertz CT molecular complexity index is 712. The third-order valence-electron chi connectivity index (χ3n) is 4.71. The summed E-state index contributed by atoms with van der Waals surface area (Å²) in [5, 5.41) is 0. The van der Waals surface area contributed by atoms with Crippen LogP contribution in [0.4, 0.5) is 4.39 Å². The normalized spacial score (nSPS) is 19.1. The van der Waals surface area contributed by atoms with E-state index in [1.165, 1.54) is 6.07 Å². The molecule has 0 aliphatic carbocycles. The molecule has 5 heteroatoms. The van der Waals surface area contributed by atoms with Crippen LogP contribution in [-0.2, 0) is 9.31 Å². The van der Waals surface area contributed by atoms with E-state index in [0.29, 0.717) is 5.46 Å². The molecule has 3 nitrogen and oxygen atoms in total. The fourth-order valence-corrected chi connectivity index (χ4v) is 2.49. The van der Waals surface area contributed by atoms with E-state index in [2.05, 4.69) is 4.98 Å². The molecular weight excluding hydrogens is 292 g/mol. The molecular formula is C18H21BFNO2. The highest BCUT2D eigenvalue weighted by atomic mass is 19.1. The highest BCUT2D eigenvalue weighted by molar-refractivity contribution is 6.62. The largest absolute Gasteiger partial charge is 0.497 e. The van der Waals surface area contributed by atoms with E-state index in [1.807, 2.05) is 52.8 Å². The van der Waals surface area contributed by atoms with Crippen LogP contribution in [0.2, 0.25) is 0 Å². The van der Waals surface area contributed by atoms with Gasteiger partial charge in [0, 0.05) is 17.2 Å². The Morgan fingerprint density at radius 1 is 1.00 bits per heavy atom. The molecule has 0 atom stereocenters. The van der Waals surface area contributed by atoms with Crippen molar-refractivity contribution in [2.75, 3.05) is 0 Å². The van der Waals surface area contributed by atoms with Crippen LogP contribution in [0.25, 0.3) is 11.3 Å². The van der Waals surface area contributed by atoms with Crippen molar-refractivity contribution in [1.29, 1.82) is 0 Å². The van der Waals surface area contributed by atoms with E-state index in [0.717, 1.165) is 16.8 Å². The summed E-state index contributed by atoms with van der Waals surface area (Å²) in [5.41, 5.74) is 2.00. The molecule has 3 rings (SSSR count). The molecule has 0 unspecified atom stereocenters. The van der Waals surface area contributed by atoms with Crippen LogP contribution in [0.5, 0.6) is 0 Å². The van der Waals surface area contributed by atoms with Crippen molar-refractivity contribution < 1.29 is 13.7 Å². The maximum atomic E-state index is 14.6. The second kappa shape index (κ2) is 5.43. The van der Waals surface area contributed by atoms with E-state index in [4.69, 9.17) is 9.31 Å². The summed E-state index contributed by atoms with van der Waals surface area (Å²) in [5.74, 6) is -0.344. The Hall–Kier alpha value is -1.72. The third kappa shape index (κ3) is 2.91. The Morgan fingerprint density at radius 2 is 1.65 bits per heavy atom. The summed E-state index contributed by atoms with van der Waals surface area (Å²) in [4.78, 5) is 4.33. The molecule has 0 spiro atoms. The molecule has 0 radical (unpaired) electrons. The number of halogens is 1. The molecule has 120 valence electrons. The Labute approximate surface area is 137 Å². The summed E-state index contributed by atoms with van der Waals surface area (Å²) in [6, 6.07) is 8.90. The van der Waals surface area contributed by atoms with E-state index in [1.54, 1.807) is 12.3 Å². The van der Waals surface area contributed by atoms with Gasteiger partial charge in [-0.1, -0.05) is 18.2 Å². The summed E-state index contributed by atoms with van der Waals surface area (Å²) in [7, 11) is -0.694. The molecule has 0 N–H and O–H groups in total. The molecule has 1 aliphatic rings. The molecule has 1 saturated heterocycles.